The Morgan fingerprint density at radius 2 is 2.03 bits per heavy atom. The van der Waals surface area contributed by atoms with Crippen LogP contribution in [0.5, 0.6) is 5.75 Å². The summed E-state index contributed by atoms with van der Waals surface area (Å²) in [5.41, 5.74) is 2.36. The molecule has 1 aliphatic rings. The Kier molecular flexibility index (Phi) is 6.08. The number of benzene rings is 1. The molecule has 0 atom stereocenters. The number of halogens is 2. The number of pyridine rings is 1. The molecular weight excluding hydrogens is 388 g/mol. The highest BCUT2D eigenvalue weighted by Gasteiger charge is 2.25. The van der Waals surface area contributed by atoms with Crippen LogP contribution in [0.3, 0.4) is 0 Å². The Morgan fingerprint density at radius 1 is 1.27 bits per heavy atom. The standard InChI is InChI=1S/C23H25F2N3O2/c1-15-21-18(22(24)25)14-19(26-23(21)30-27-15)16-9-12-28(13-10-16)11-5-7-17-6-3-4-8-20(17)29-2/h3-8,14,16,22H,9-13H2,1-2H3/b7-5+. The van der Waals surface area contributed by atoms with E-state index in [0.717, 1.165) is 43.8 Å². The van der Waals surface area contributed by atoms with Gasteiger partial charge < -0.3 is 9.26 Å². The zero-order valence-electron chi connectivity index (χ0n) is 17.1. The van der Waals surface area contributed by atoms with E-state index in [1.54, 1.807) is 20.1 Å². The average molecular weight is 413 g/mol. The predicted octanol–water partition coefficient (Wildman–Crippen LogP) is 5.37. The Bertz CT molecular complexity index is 1040. The second kappa shape index (κ2) is 8.92. The number of ether oxygens (including phenoxy) is 1. The first-order valence-corrected chi connectivity index (χ1v) is 10.1. The third-order valence-corrected chi connectivity index (χ3v) is 5.71. The molecule has 0 radical (unpaired) electrons. The quantitative estimate of drug-likeness (QED) is 0.544. The highest BCUT2D eigenvalue weighted by molar-refractivity contribution is 5.80. The van der Waals surface area contributed by atoms with E-state index in [0.29, 0.717) is 16.8 Å². The first kappa shape index (κ1) is 20.5. The lowest BCUT2D eigenvalue weighted by Gasteiger charge is -2.31. The van der Waals surface area contributed by atoms with E-state index in [4.69, 9.17) is 9.26 Å². The molecule has 2 aromatic heterocycles. The third kappa shape index (κ3) is 4.21. The molecule has 0 unspecified atom stereocenters. The van der Waals surface area contributed by atoms with E-state index in [1.807, 2.05) is 24.3 Å². The van der Waals surface area contributed by atoms with Crippen molar-refractivity contribution in [1.29, 1.82) is 0 Å². The van der Waals surface area contributed by atoms with Crippen molar-refractivity contribution in [3.8, 4) is 5.75 Å². The smallest absolute Gasteiger partial charge is 0.264 e. The lowest BCUT2D eigenvalue weighted by Crippen LogP contribution is -2.33. The van der Waals surface area contributed by atoms with Crippen molar-refractivity contribution < 1.29 is 18.0 Å². The molecule has 4 rings (SSSR count). The summed E-state index contributed by atoms with van der Waals surface area (Å²) in [4.78, 5) is 6.85. The van der Waals surface area contributed by atoms with Crippen LogP contribution in [0, 0.1) is 6.92 Å². The molecule has 158 valence electrons. The topological polar surface area (TPSA) is 51.4 Å². The van der Waals surface area contributed by atoms with Crippen LogP contribution in [-0.4, -0.2) is 41.8 Å². The molecule has 3 aromatic rings. The highest BCUT2D eigenvalue weighted by Crippen LogP contribution is 2.34. The molecule has 1 saturated heterocycles. The number of aryl methyl sites for hydroxylation is 1. The van der Waals surface area contributed by atoms with Gasteiger partial charge in [0.1, 0.15) is 5.75 Å². The molecular formula is C23H25F2N3O2. The van der Waals surface area contributed by atoms with E-state index >= 15 is 0 Å². The van der Waals surface area contributed by atoms with E-state index in [9.17, 15) is 8.78 Å². The number of hydrogen-bond acceptors (Lipinski definition) is 5. The van der Waals surface area contributed by atoms with Gasteiger partial charge >= 0.3 is 0 Å². The summed E-state index contributed by atoms with van der Waals surface area (Å²) in [5.74, 6) is 0.998. The number of nitrogens with zero attached hydrogens (tertiary/aromatic N) is 3. The first-order chi connectivity index (χ1) is 14.6. The molecule has 0 aliphatic carbocycles. The minimum absolute atomic E-state index is 0.0316. The van der Waals surface area contributed by atoms with Crippen LogP contribution in [0.15, 0.2) is 40.9 Å². The van der Waals surface area contributed by atoms with Crippen molar-refractivity contribution >= 4 is 17.2 Å². The van der Waals surface area contributed by atoms with Gasteiger partial charge in [-0.25, -0.2) is 13.8 Å². The number of para-hydroxylation sites is 1. The van der Waals surface area contributed by atoms with Crippen LogP contribution < -0.4 is 4.74 Å². The summed E-state index contributed by atoms with van der Waals surface area (Å²) in [7, 11) is 1.67. The molecule has 0 amide bonds. The number of methoxy groups -OCH3 is 1. The Labute approximate surface area is 174 Å². The second-order valence-corrected chi connectivity index (χ2v) is 7.60. The largest absolute Gasteiger partial charge is 0.496 e. The van der Waals surface area contributed by atoms with Crippen molar-refractivity contribution in [2.45, 2.75) is 32.1 Å². The Balaban J connectivity index is 1.40. The molecule has 5 nitrogen and oxygen atoms in total. The van der Waals surface area contributed by atoms with Crippen molar-refractivity contribution in [2.75, 3.05) is 26.7 Å². The van der Waals surface area contributed by atoms with Crippen molar-refractivity contribution in [1.82, 2.24) is 15.0 Å². The summed E-state index contributed by atoms with van der Waals surface area (Å²) < 4.78 is 37.7. The van der Waals surface area contributed by atoms with Gasteiger partial charge in [-0.05, 0) is 45.0 Å². The van der Waals surface area contributed by atoms with E-state index in [-0.39, 0.29) is 17.2 Å². The molecule has 0 N–H and O–H groups in total. The summed E-state index contributed by atoms with van der Waals surface area (Å²) in [5, 5.41) is 4.15. The van der Waals surface area contributed by atoms with Gasteiger partial charge in [-0.1, -0.05) is 35.5 Å². The molecule has 3 heterocycles. The zero-order valence-corrected chi connectivity index (χ0v) is 17.1. The summed E-state index contributed by atoms with van der Waals surface area (Å²) in [6, 6.07) is 9.44. The number of piperidine rings is 1. The van der Waals surface area contributed by atoms with Crippen LogP contribution >= 0.6 is 0 Å². The van der Waals surface area contributed by atoms with Crippen LogP contribution in [0.2, 0.25) is 0 Å². The summed E-state index contributed by atoms with van der Waals surface area (Å²) in [6.07, 6.45) is 3.37. The van der Waals surface area contributed by atoms with E-state index in [2.05, 4.69) is 27.2 Å². The van der Waals surface area contributed by atoms with Crippen molar-refractivity contribution in [3.05, 3.63) is 58.9 Å². The van der Waals surface area contributed by atoms with Crippen molar-refractivity contribution in [3.63, 3.8) is 0 Å². The molecule has 1 fully saturated rings. The highest BCUT2D eigenvalue weighted by atomic mass is 19.3. The molecule has 0 saturated carbocycles. The van der Waals surface area contributed by atoms with Crippen LogP contribution in [0.1, 0.15) is 47.7 Å². The van der Waals surface area contributed by atoms with Gasteiger partial charge in [0.2, 0.25) is 0 Å². The monoisotopic (exact) mass is 413 g/mol. The van der Waals surface area contributed by atoms with Gasteiger partial charge in [0.15, 0.2) is 0 Å². The fraction of sp³-hybridized carbons (Fsp3) is 0.391. The van der Waals surface area contributed by atoms with Crippen LogP contribution in [-0.2, 0) is 0 Å². The molecule has 1 aliphatic heterocycles. The van der Waals surface area contributed by atoms with Crippen molar-refractivity contribution in [2.24, 2.45) is 0 Å². The van der Waals surface area contributed by atoms with Crippen LogP contribution in [0.4, 0.5) is 8.78 Å². The maximum absolute atomic E-state index is 13.6. The minimum atomic E-state index is -2.58. The van der Waals surface area contributed by atoms with Gasteiger partial charge in [0.05, 0.1) is 18.2 Å². The molecule has 7 heteroatoms. The number of rotatable bonds is 6. The normalized spacial score (nSPS) is 16.2. The van der Waals surface area contributed by atoms with Crippen LogP contribution in [0.25, 0.3) is 17.2 Å². The third-order valence-electron chi connectivity index (χ3n) is 5.71. The summed E-state index contributed by atoms with van der Waals surface area (Å²) in [6.45, 7) is 4.27. The lowest BCUT2D eigenvalue weighted by atomic mass is 9.91. The van der Waals surface area contributed by atoms with Gasteiger partial charge in [-0.15, -0.1) is 0 Å². The second-order valence-electron chi connectivity index (χ2n) is 7.60. The fourth-order valence-corrected chi connectivity index (χ4v) is 4.07. The average Bonchev–Trinajstić information content (AvgIpc) is 3.14. The molecule has 0 spiro atoms. The number of hydrogen-bond donors (Lipinski definition) is 0. The molecule has 0 bridgehead atoms. The molecule has 1 aromatic carbocycles. The zero-order chi connectivity index (χ0) is 21.1. The fourth-order valence-electron chi connectivity index (χ4n) is 4.07. The number of alkyl halides is 2. The Hall–Kier alpha value is -2.80. The number of aromatic nitrogens is 2. The van der Waals surface area contributed by atoms with Gasteiger partial charge in [0.25, 0.3) is 12.1 Å². The summed E-state index contributed by atoms with van der Waals surface area (Å²) >= 11 is 0. The SMILES string of the molecule is COc1ccccc1/C=C/CN1CCC(c2cc(C(F)F)c3c(C)noc3n2)CC1. The number of fused-ring (bicyclic) bond motifs is 1. The minimum Gasteiger partial charge on any atom is -0.496 e. The molecule has 30 heavy (non-hydrogen) atoms. The maximum Gasteiger partial charge on any atom is 0.264 e. The lowest BCUT2D eigenvalue weighted by molar-refractivity contribution is 0.152. The first-order valence-electron chi connectivity index (χ1n) is 10.1. The maximum atomic E-state index is 13.6. The Morgan fingerprint density at radius 3 is 2.77 bits per heavy atom. The number of likely N-dealkylation sites (tertiary alicyclic amines) is 1. The van der Waals surface area contributed by atoms with Gasteiger partial charge in [-0.2, -0.15) is 0 Å². The van der Waals surface area contributed by atoms with E-state index < -0.39 is 6.43 Å². The predicted molar refractivity (Wildman–Crippen MR) is 112 cm³/mol. The van der Waals surface area contributed by atoms with Gasteiger partial charge in [-0.3, -0.25) is 4.90 Å². The van der Waals surface area contributed by atoms with E-state index in [1.165, 1.54) is 0 Å². The van der Waals surface area contributed by atoms with Gasteiger partial charge in [0, 0.05) is 29.3 Å².